The van der Waals surface area contributed by atoms with E-state index in [1.54, 1.807) is 0 Å². The molecule has 65 heavy (non-hydrogen) atoms. The van der Waals surface area contributed by atoms with Crippen molar-refractivity contribution < 1.29 is 4.74 Å². The second kappa shape index (κ2) is 14.0. The van der Waals surface area contributed by atoms with E-state index in [-0.39, 0.29) is 0 Å². The molecule has 0 unspecified atom stereocenters. The third-order valence-electron chi connectivity index (χ3n) is 14.0. The van der Waals surface area contributed by atoms with Crippen LogP contribution in [-0.4, -0.2) is 0 Å². The van der Waals surface area contributed by atoms with E-state index in [2.05, 4.69) is 231 Å². The molecule has 0 radical (unpaired) electrons. The van der Waals surface area contributed by atoms with E-state index in [1.165, 1.54) is 120 Å². The summed E-state index contributed by atoms with van der Waals surface area (Å²) >= 11 is 0. The highest BCUT2D eigenvalue weighted by Gasteiger charge is 2.26. The molecule has 13 aromatic rings. The summed E-state index contributed by atoms with van der Waals surface area (Å²) in [6, 6.07) is 84.7. The first kappa shape index (κ1) is 36.0. The summed E-state index contributed by atoms with van der Waals surface area (Å²) in [5.74, 6) is 1.75. The number of fused-ring (bicyclic) bond motifs is 10. The van der Waals surface area contributed by atoms with Gasteiger partial charge >= 0.3 is 0 Å². The molecule has 0 amide bonds. The number of benzene rings is 13. The van der Waals surface area contributed by atoms with Crippen LogP contribution in [0.15, 0.2) is 231 Å². The van der Waals surface area contributed by atoms with Gasteiger partial charge < -0.3 is 4.74 Å². The smallest absolute Gasteiger partial charge is 0.135 e. The monoisotopic (exact) mass is 822 g/mol. The Balaban J connectivity index is 1.04. The van der Waals surface area contributed by atoms with E-state index in [4.69, 9.17) is 4.74 Å². The number of rotatable bonds is 4. The van der Waals surface area contributed by atoms with Gasteiger partial charge in [0.15, 0.2) is 0 Å². The summed E-state index contributed by atoms with van der Waals surface area (Å²) in [6.07, 6.45) is 0. The quantitative estimate of drug-likeness (QED) is 0.127. The van der Waals surface area contributed by atoms with Crippen LogP contribution in [0.1, 0.15) is 0 Å². The predicted octanol–water partition coefficient (Wildman–Crippen LogP) is 18.2. The van der Waals surface area contributed by atoms with E-state index in [0.29, 0.717) is 0 Å². The third-order valence-corrected chi connectivity index (χ3v) is 14.0. The molecule has 0 atom stereocenters. The molecule has 0 fully saturated rings. The zero-order valence-corrected chi connectivity index (χ0v) is 35.3. The standard InChI is InChI=1S/C64H38O/c1-3-18-41(19-4-1)59-47-25-12-11-24-46(47)58(53-33-30-39-16-7-9-22-44(39)63(53)59)43-32-36-56-55(38-43)51-29-15-28-50-52(35-37-57(65-56)62(50)51)61-49-27-14-13-26-48(49)60(42-20-5-2-6-21-42)64-45-23-10-8-17-40(45)31-34-54(61)64/h1-38H. The molecule has 300 valence electrons. The summed E-state index contributed by atoms with van der Waals surface area (Å²) in [4.78, 5) is 0. The minimum Gasteiger partial charge on any atom is -0.456 e. The molecule has 1 heterocycles. The average Bonchev–Trinajstić information content (AvgIpc) is 3.38. The van der Waals surface area contributed by atoms with Crippen molar-refractivity contribution in [3.05, 3.63) is 231 Å². The van der Waals surface area contributed by atoms with Crippen molar-refractivity contribution in [3.63, 3.8) is 0 Å². The maximum absolute atomic E-state index is 6.95. The summed E-state index contributed by atoms with van der Waals surface area (Å²) in [5.41, 5.74) is 12.1. The number of ether oxygens (including phenoxy) is 1. The molecule has 0 bridgehead atoms. The molecule has 13 aromatic carbocycles. The van der Waals surface area contributed by atoms with Gasteiger partial charge in [-0.15, -0.1) is 0 Å². The highest BCUT2D eigenvalue weighted by Crippen LogP contribution is 2.54. The van der Waals surface area contributed by atoms with Crippen molar-refractivity contribution in [1.82, 2.24) is 0 Å². The van der Waals surface area contributed by atoms with Crippen LogP contribution in [0.4, 0.5) is 0 Å². The van der Waals surface area contributed by atoms with Crippen molar-refractivity contribution in [3.8, 4) is 67.1 Å². The molecule has 0 spiro atoms. The van der Waals surface area contributed by atoms with Gasteiger partial charge in [-0.05, 0) is 144 Å². The largest absolute Gasteiger partial charge is 0.456 e. The Kier molecular flexibility index (Phi) is 7.75. The van der Waals surface area contributed by atoms with E-state index >= 15 is 0 Å². The van der Waals surface area contributed by atoms with Gasteiger partial charge in [-0.2, -0.15) is 0 Å². The van der Waals surface area contributed by atoms with Crippen LogP contribution in [0.25, 0.3) is 131 Å². The Morgan fingerprint density at radius 2 is 0.692 bits per heavy atom. The SMILES string of the molecule is c1ccc(-c2c3ccccc3c(-c3ccc4c(c3)-c3cccc5c(-c6c7ccccc7c(-c7ccccc7)c7c6ccc6ccccc67)ccc(c35)O4)c3ccc4ccccc4c23)cc1. The van der Waals surface area contributed by atoms with Crippen molar-refractivity contribution in [2.24, 2.45) is 0 Å². The van der Waals surface area contributed by atoms with Crippen LogP contribution in [0.5, 0.6) is 11.5 Å². The Morgan fingerprint density at radius 1 is 0.215 bits per heavy atom. The molecule has 0 N–H and O–H groups in total. The van der Waals surface area contributed by atoms with Gasteiger partial charge in [0.05, 0.1) is 0 Å². The van der Waals surface area contributed by atoms with Crippen molar-refractivity contribution >= 4 is 75.4 Å². The van der Waals surface area contributed by atoms with Gasteiger partial charge in [0.1, 0.15) is 11.5 Å². The second-order valence-corrected chi connectivity index (χ2v) is 17.4. The van der Waals surface area contributed by atoms with Crippen LogP contribution in [0, 0.1) is 0 Å². The summed E-state index contributed by atoms with van der Waals surface area (Å²) in [5, 5.41) is 17.3. The predicted molar refractivity (Wildman–Crippen MR) is 276 cm³/mol. The van der Waals surface area contributed by atoms with Crippen LogP contribution in [-0.2, 0) is 0 Å². The molecular weight excluding hydrogens is 785 g/mol. The Labute approximate surface area is 376 Å². The molecule has 14 rings (SSSR count). The van der Waals surface area contributed by atoms with E-state index in [0.717, 1.165) is 22.4 Å². The van der Waals surface area contributed by atoms with Crippen LogP contribution in [0.3, 0.4) is 0 Å². The van der Waals surface area contributed by atoms with E-state index < -0.39 is 0 Å². The van der Waals surface area contributed by atoms with Gasteiger partial charge in [-0.25, -0.2) is 0 Å². The third kappa shape index (κ3) is 5.27. The lowest BCUT2D eigenvalue weighted by molar-refractivity contribution is 0.487. The first-order chi connectivity index (χ1) is 32.3. The van der Waals surface area contributed by atoms with Crippen LogP contribution < -0.4 is 4.74 Å². The average molecular weight is 823 g/mol. The fourth-order valence-corrected chi connectivity index (χ4v) is 11.3. The van der Waals surface area contributed by atoms with Gasteiger partial charge in [0.2, 0.25) is 0 Å². The van der Waals surface area contributed by atoms with E-state index in [9.17, 15) is 0 Å². The van der Waals surface area contributed by atoms with Crippen molar-refractivity contribution in [2.45, 2.75) is 0 Å². The van der Waals surface area contributed by atoms with Crippen LogP contribution >= 0.6 is 0 Å². The van der Waals surface area contributed by atoms with E-state index in [1.807, 2.05) is 0 Å². The zero-order valence-electron chi connectivity index (χ0n) is 35.3. The van der Waals surface area contributed by atoms with Gasteiger partial charge in [-0.1, -0.05) is 206 Å². The van der Waals surface area contributed by atoms with Gasteiger partial charge in [0.25, 0.3) is 0 Å². The minimum absolute atomic E-state index is 0.871. The Bertz CT molecular complexity index is 4130. The minimum atomic E-state index is 0.871. The first-order valence-corrected chi connectivity index (χ1v) is 22.5. The van der Waals surface area contributed by atoms with Crippen molar-refractivity contribution in [1.29, 1.82) is 0 Å². The lowest BCUT2D eigenvalue weighted by Gasteiger charge is -2.25. The highest BCUT2D eigenvalue weighted by atomic mass is 16.5. The molecule has 0 aliphatic carbocycles. The number of hydrogen-bond donors (Lipinski definition) is 0. The highest BCUT2D eigenvalue weighted by molar-refractivity contribution is 6.31. The summed E-state index contributed by atoms with van der Waals surface area (Å²) in [6.45, 7) is 0. The lowest BCUT2D eigenvalue weighted by atomic mass is 9.81. The molecule has 1 aliphatic heterocycles. The molecule has 0 aromatic heterocycles. The normalized spacial score (nSPS) is 12.1. The summed E-state index contributed by atoms with van der Waals surface area (Å²) < 4.78 is 6.95. The molecule has 1 heteroatoms. The van der Waals surface area contributed by atoms with Crippen molar-refractivity contribution in [2.75, 3.05) is 0 Å². The molecule has 1 aliphatic rings. The maximum Gasteiger partial charge on any atom is 0.135 e. The molecule has 1 nitrogen and oxygen atoms in total. The lowest BCUT2D eigenvalue weighted by Crippen LogP contribution is -1.99. The fraction of sp³-hybridized carbons (Fsp3) is 0. The zero-order chi connectivity index (χ0) is 42.6. The summed E-state index contributed by atoms with van der Waals surface area (Å²) in [7, 11) is 0. The fourth-order valence-electron chi connectivity index (χ4n) is 11.3. The topological polar surface area (TPSA) is 9.23 Å². The molecule has 0 saturated heterocycles. The number of hydrogen-bond acceptors (Lipinski definition) is 1. The molecule has 0 saturated carbocycles. The second-order valence-electron chi connectivity index (χ2n) is 17.4. The Hall–Kier alpha value is -8.52. The Morgan fingerprint density at radius 3 is 1.29 bits per heavy atom. The maximum atomic E-state index is 6.95. The first-order valence-electron chi connectivity index (χ1n) is 22.5. The molecular formula is C64H38O. The van der Waals surface area contributed by atoms with Crippen LogP contribution in [0.2, 0.25) is 0 Å². The van der Waals surface area contributed by atoms with Gasteiger partial charge in [-0.3, -0.25) is 0 Å². The van der Waals surface area contributed by atoms with Gasteiger partial charge in [0, 0.05) is 10.9 Å².